The Labute approximate surface area is 770 Å². The van der Waals surface area contributed by atoms with Crippen molar-refractivity contribution < 1.29 is 0 Å². The highest BCUT2D eigenvalue weighted by atomic mass is 15.5. The number of hydrogen-bond acceptors (Lipinski definition) is 16. The standard InChI is InChI=1S/C18H34N4.C17H29N5.C17H30N2.C14H26N4.C14H23N3.C14H27N3.C10H19N/c1-18(2,3)15-17-16-22(20-19-17)14-10-5-4-7-11-21-12-8-6-9-13-21;1-16(2,3)6-7-17(4,5)14-22-13-15(19-20-22)12-21-10-8-18-9-11-21;1-16(2,3)9-7-5-6-8-12-19-14-15(13-18-19)17(4)10-11-17;1-14(2,3)11-13-12-18(16-15-13)10-9-17-7-5-4-6-8-17;1-7-8-14(5,6)11-17-10-12(15-16-17)9-13(2,3)4;1-5-9-13-12-17(16-15-13)11-8-6-7-10-14(2,3)4;1-9(2,3)11-7-10(8-11)5-4-6-10/h16H,4-15H2,1-3H3;13,18H,8-12,14H2,1-5H3;13-14H,5-12H2,1-4H3;12H,4-11H2,1-3H3;10H,9,11H2,1-6H3;12H,5-11H2,1-4H3;4-8H2,1-3H3. The largest absolute Gasteiger partial charge is 0.314 e. The van der Waals surface area contributed by atoms with Crippen molar-refractivity contribution in [2.75, 3.05) is 78.5 Å². The zero-order chi connectivity index (χ0) is 92.9. The minimum absolute atomic E-state index is 0.0348. The number of likely N-dealkylation sites (tertiary alicyclic amines) is 3. The fraction of sp³-hybridized carbons (Fsp3) is 0.837. The number of piperidine rings is 2. The van der Waals surface area contributed by atoms with Crippen molar-refractivity contribution in [3.63, 3.8) is 0 Å². The number of unbranched alkanes of at least 4 members (excludes halogenated alkanes) is 8. The second kappa shape index (κ2) is 51.6. The first kappa shape index (κ1) is 109. The highest BCUT2D eigenvalue weighted by Crippen LogP contribution is 2.50. The Hall–Kier alpha value is -6.17. The first-order valence-corrected chi connectivity index (χ1v) is 50.0. The molecule has 1 spiro atoms. The van der Waals surface area contributed by atoms with Gasteiger partial charge in [-0.25, -0.2) is 0 Å². The number of aromatic nitrogens is 17. The Balaban J connectivity index is 0.000000229. The molecule has 0 amide bonds. The van der Waals surface area contributed by atoms with E-state index in [0.29, 0.717) is 21.8 Å². The molecule has 6 aliphatic rings. The van der Waals surface area contributed by atoms with Gasteiger partial charge >= 0.3 is 0 Å². The number of nitrogens with zero attached hydrogens (tertiary/aromatic N) is 21. The Morgan fingerprint density at radius 1 is 0.373 bits per heavy atom. The van der Waals surface area contributed by atoms with Crippen LogP contribution >= 0.6 is 0 Å². The first-order valence-electron chi connectivity index (χ1n) is 50.0. The minimum atomic E-state index is -0.104. The lowest BCUT2D eigenvalue weighted by atomic mass is 9.62. The second-order valence-electron chi connectivity index (χ2n) is 48.1. The van der Waals surface area contributed by atoms with E-state index in [4.69, 9.17) is 0 Å². The van der Waals surface area contributed by atoms with Gasteiger partial charge in [0.1, 0.15) is 0 Å². The summed E-state index contributed by atoms with van der Waals surface area (Å²) in [5.74, 6) is 12.9. The topological polar surface area (TPSA) is 196 Å². The van der Waals surface area contributed by atoms with Crippen LogP contribution in [0, 0.1) is 72.4 Å². The van der Waals surface area contributed by atoms with Crippen molar-refractivity contribution in [1.82, 2.24) is 110 Å². The fourth-order valence-electron chi connectivity index (χ4n) is 16.6. The molecule has 10 heterocycles. The van der Waals surface area contributed by atoms with Gasteiger partial charge in [0.15, 0.2) is 0 Å². The summed E-state index contributed by atoms with van der Waals surface area (Å²) < 4.78 is 12.0. The van der Waals surface area contributed by atoms with Crippen molar-refractivity contribution in [3.05, 3.63) is 77.4 Å². The van der Waals surface area contributed by atoms with Gasteiger partial charge in [-0.3, -0.25) is 37.9 Å². The van der Waals surface area contributed by atoms with E-state index < -0.39 is 0 Å². The summed E-state index contributed by atoms with van der Waals surface area (Å²) in [6, 6.07) is 0. The lowest BCUT2D eigenvalue weighted by Gasteiger charge is -2.60. The molecule has 22 heteroatoms. The molecule has 6 aromatic heterocycles. The number of rotatable bonds is 33. The number of hydrogen-bond donors (Lipinski definition) is 1. The van der Waals surface area contributed by atoms with Crippen LogP contribution in [0.4, 0.5) is 0 Å². The molecule has 6 fully saturated rings. The van der Waals surface area contributed by atoms with E-state index in [-0.39, 0.29) is 32.5 Å². The van der Waals surface area contributed by atoms with Gasteiger partial charge in [0.2, 0.25) is 0 Å². The van der Waals surface area contributed by atoms with Crippen molar-refractivity contribution in [1.29, 1.82) is 0 Å². The average molecular weight is 1750 g/mol. The molecule has 0 radical (unpaired) electrons. The van der Waals surface area contributed by atoms with E-state index in [0.717, 1.165) is 145 Å². The Morgan fingerprint density at radius 3 is 1.20 bits per heavy atom. The minimum Gasteiger partial charge on any atom is -0.314 e. The van der Waals surface area contributed by atoms with Crippen molar-refractivity contribution in [2.45, 2.75) is 437 Å². The van der Waals surface area contributed by atoms with Crippen LogP contribution < -0.4 is 5.32 Å². The quantitative estimate of drug-likeness (QED) is 0.0301. The summed E-state index contributed by atoms with van der Waals surface area (Å²) in [7, 11) is 0. The summed E-state index contributed by atoms with van der Waals surface area (Å²) in [4.78, 5) is 10.2. The van der Waals surface area contributed by atoms with Crippen molar-refractivity contribution >= 4 is 0 Å². The normalized spacial score (nSPS) is 17.1. The third-order valence-corrected chi connectivity index (χ3v) is 24.3. The maximum Gasteiger partial charge on any atom is 0.0967 e. The van der Waals surface area contributed by atoms with E-state index in [1.807, 2.05) is 36.5 Å². The van der Waals surface area contributed by atoms with Crippen molar-refractivity contribution in [3.8, 4) is 23.7 Å². The fourth-order valence-corrected chi connectivity index (χ4v) is 16.6. The molecular weight excluding hydrogens is 1560 g/mol. The molecule has 4 saturated heterocycles. The van der Waals surface area contributed by atoms with Crippen LogP contribution in [0.5, 0.6) is 0 Å². The van der Waals surface area contributed by atoms with Crippen LogP contribution in [0.2, 0.25) is 0 Å². The molecule has 0 unspecified atom stereocenters. The lowest BCUT2D eigenvalue weighted by Crippen LogP contribution is -2.64. The van der Waals surface area contributed by atoms with E-state index in [1.165, 1.54) is 205 Å². The highest BCUT2D eigenvalue weighted by Gasteiger charge is 2.50. The summed E-state index contributed by atoms with van der Waals surface area (Å²) >= 11 is 0. The van der Waals surface area contributed by atoms with Gasteiger partial charge < -0.3 is 15.1 Å². The van der Waals surface area contributed by atoms with Gasteiger partial charge in [-0.15, -0.1) is 31.4 Å². The Morgan fingerprint density at radius 2 is 0.770 bits per heavy atom. The van der Waals surface area contributed by atoms with Crippen molar-refractivity contribution in [2.24, 2.45) is 48.7 Å². The van der Waals surface area contributed by atoms with E-state index in [2.05, 4.69) is 334 Å². The van der Waals surface area contributed by atoms with E-state index >= 15 is 0 Å². The molecule has 0 bridgehead atoms. The molecule has 4 aliphatic heterocycles. The van der Waals surface area contributed by atoms with Gasteiger partial charge in [-0.05, 0) is 268 Å². The molecule has 126 heavy (non-hydrogen) atoms. The number of aryl methyl sites for hydroxylation is 4. The van der Waals surface area contributed by atoms with Gasteiger partial charge in [0, 0.05) is 131 Å². The predicted octanol–water partition coefficient (Wildman–Crippen LogP) is 22.0. The zero-order valence-corrected chi connectivity index (χ0v) is 86.4. The van der Waals surface area contributed by atoms with Crippen LogP contribution in [0.15, 0.2) is 43.4 Å². The predicted molar refractivity (Wildman–Crippen MR) is 526 cm³/mol. The molecule has 22 nitrogen and oxygen atoms in total. The molecule has 714 valence electrons. The van der Waals surface area contributed by atoms with Crippen LogP contribution in [-0.2, 0) is 76.9 Å². The van der Waals surface area contributed by atoms with Crippen LogP contribution in [0.25, 0.3) is 0 Å². The summed E-state index contributed by atoms with van der Waals surface area (Å²) in [6.07, 6.45) is 52.5. The third kappa shape index (κ3) is 48.1. The summed E-state index contributed by atoms with van der Waals surface area (Å²) in [5.41, 5.74) is 10.3. The maximum atomic E-state index is 4.50. The summed E-state index contributed by atoms with van der Waals surface area (Å²) in [6.45, 7) is 83.4. The van der Waals surface area contributed by atoms with Gasteiger partial charge in [0.25, 0.3) is 0 Å². The molecule has 6 aromatic rings. The average Bonchev–Trinajstić information content (AvgIpc) is 1.05. The van der Waals surface area contributed by atoms with Gasteiger partial charge in [0.05, 0.1) is 54.3 Å². The molecule has 1 N–H and O–H groups in total. The Kier molecular flexibility index (Phi) is 44.5. The van der Waals surface area contributed by atoms with Crippen LogP contribution in [-0.4, -0.2) is 188 Å². The van der Waals surface area contributed by atoms with Gasteiger partial charge in [-0.1, -0.05) is 232 Å². The smallest absolute Gasteiger partial charge is 0.0967 e. The highest BCUT2D eigenvalue weighted by molar-refractivity contribution is 5.25. The molecule has 2 aliphatic carbocycles. The van der Waals surface area contributed by atoms with Gasteiger partial charge in [-0.2, -0.15) is 5.10 Å². The molecule has 12 rings (SSSR count). The zero-order valence-electron chi connectivity index (χ0n) is 86.4. The Bertz CT molecular complexity index is 4030. The lowest BCUT2D eigenvalue weighted by molar-refractivity contribution is -0.104. The SMILES string of the molecule is CC#CC(C)(C)Cn1cc(CC(C)(C)C)nn1.CC(C)(C)C#CC(C)(C)Cn1cc(CN2CCNCC2)nn1.CC(C)(C)CCCCCCn1cc(C2(C)CC2)cn1.CC(C)(C)Cc1cn(CCCCCCN2CCCCC2)nn1.CC(C)(C)Cc1cn(CCN2CCCCC2)nn1.CC(C)(C)N1CC2(CCC2)C1.CCCc1cn(CCCCCC(C)(C)C)nn1. The van der Waals surface area contributed by atoms with Crippen LogP contribution in [0.3, 0.4) is 0 Å². The second-order valence-corrected chi connectivity index (χ2v) is 48.1. The van der Waals surface area contributed by atoms with E-state index in [9.17, 15) is 0 Å². The third-order valence-electron chi connectivity index (χ3n) is 24.3. The number of piperazine rings is 1. The van der Waals surface area contributed by atoms with Crippen LogP contribution in [0.1, 0.15) is 388 Å². The monoisotopic (exact) mass is 1750 g/mol. The molecule has 0 aromatic carbocycles. The first-order chi connectivity index (χ1) is 58.9. The molecule has 0 atom stereocenters. The maximum absolute atomic E-state index is 4.50. The molecular formula is C104H188N22. The van der Waals surface area contributed by atoms with E-state index in [1.54, 1.807) is 0 Å². The molecule has 2 saturated carbocycles. The summed E-state index contributed by atoms with van der Waals surface area (Å²) in [5, 5.41) is 50.1. The number of nitrogens with one attached hydrogen (secondary N) is 1.